The zero-order valence-electron chi connectivity index (χ0n) is 6.01. The number of alkyl halides is 3. The van der Waals surface area contributed by atoms with Gasteiger partial charge < -0.3 is 4.74 Å². The van der Waals surface area contributed by atoms with E-state index in [1.807, 2.05) is 6.07 Å². The number of halogens is 3. The molecular weight excluding hydrogens is 173 g/mol. The van der Waals surface area contributed by atoms with Crippen LogP contribution in [0, 0.1) is 6.07 Å². The zero-order valence-corrected chi connectivity index (χ0v) is 6.01. The Kier molecular flexibility index (Phi) is 2.16. The Labute approximate surface area is 66.2 Å². The minimum atomic E-state index is -4.50. The van der Waals surface area contributed by atoms with Crippen LogP contribution in [0.5, 0.6) is 5.88 Å². The quantitative estimate of drug-likeness (QED) is 0.648. The Morgan fingerprint density at radius 1 is 1.42 bits per heavy atom. The lowest BCUT2D eigenvalue weighted by Gasteiger charge is -2.04. The molecule has 1 radical (unpaired) electrons. The predicted octanol–water partition coefficient (Wildman–Crippen LogP) is 1.30. The minimum Gasteiger partial charge on any atom is -0.480 e. The van der Waals surface area contributed by atoms with Gasteiger partial charge in [-0.1, -0.05) is 0 Å². The molecule has 0 aliphatic rings. The van der Waals surface area contributed by atoms with Crippen LogP contribution < -0.4 is 4.74 Å². The third-order valence-corrected chi connectivity index (χ3v) is 1.05. The first-order valence-electron chi connectivity index (χ1n) is 2.89. The number of hydrogen-bond acceptors (Lipinski definition) is 3. The lowest BCUT2D eigenvalue weighted by Crippen LogP contribution is -2.08. The van der Waals surface area contributed by atoms with E-state index in [9.17, 15) is 13.2 Å². The van der Waals surface area contributed by atoms with Gasteiger partial charge in [0.25, 0.3) is 0 Å². The lowest BCUT2D eigenvalue weighted by molar-refractivity contribution is -0.141. The van der Waals surface area contributed by atoms with Crippen molar-refractivity contribution in [3.8, 4) is 5.88 Å². The Bertz CT molecular complexity index is 274. The summed E-state index contributed by atoms with van der Waals surface area (Å²) in [5.41, 5.74) is -1.13. The first-order chi connectivity index (χ1) is 5.54. The van der Waals surface area contributed by atoms with Crippen molar-refractivity contribution < 1.29 is 17.9 Å². The topological polar surface area (TPSA) is 35.0 Å². The van der Waals surface area contributed by atoms with Gasteiger partial charge in [0.2, 0.25) is 5.88 Å². The average Bonchev–Trinajstić information content (AvgIpc) is 2.03. The molecule has 1 heterocycles. The smallest absolute Gasteiger partial charge is 0.434 e. The van der Waals surface area contributed by atoms with Crippen LogP contribution >= 0.6 is 0 Å². The van der Waals surface area contributed by atoms with Gasteiger partial charge in [-0.2, -0.15) is 13.2 Å². The van der Waals surface area contributed by atoms with E-state index in [0.29, 0.717) is 0 Å². The molecule has 1 aromatic heterocycles. The van der Waals surface area contributed by atoms with Crippen LogP contribution in [0.1, 0.15) is 5.69 Å². The fourth-order valence-corrected chi connectivity index (χ4v) is 0.553. The van der Waals surface area contributed by atoms with E-state index in [1.165, 1.54) is 7.11 Å². The second-order valence-electron chi connectivity index (χ2n) is 1.85. The maximum absolute atomic E-state index is 11.9. The van der Waals surface area contributed by atoms with Gasteiger partial charge >= 0.3 is 6.18 Å². The van der Waals surface area contributed by atoms with Gasteiger partial charge in [0, 0.05) is 0 Å². The first kappa shape index (κ1) is 8.76. The van der Waals surface area contributed by atoms with Gasteiger partial charge in [-0.05, 0) is 0 Å². The molecule has 0 aliphatic heterocycles. The summed E-state index contributed by atoms with van der Waals surface area (Å²) >= 11 is 0. The third kappa shape index (κ3) is 1.84. The molecule has 65 valence electrons. The molecule has 3 nitrogen and oxygen atoms in total. The highest BCUT2D eigenvalue weighted by Gasteiger charge is 2.33. The molecule has 0 saturated heterocycles. The summed E-state index contributed by atoms with van der Waals surface area (Å²) in [6, 6.07) is 1.86. The van der Waals surface area contributed by atoms with Gasteiger partial charge in [0.15, 0.2) is 5.69 Å². The molecule has 1 rings (SSSR count). The highest BCUT2D eigenvalue weighted by Crippen LogP contribution is 2.27. The largest absolute Gasteiger partial charge is 0.480 e. The highest BCUT2D eigenvalue weighted by molar-refractivity contribution is 5.13. The van der Waals surface area contributed by atoms with Crippen molar-refractivity contribution in [2.45, 2.75) is 6.18 Å². The molecule has 0 aromatic carbocycles. The van der Waals surface area contributed by atoms with Gasteiger partial charge in [-0.15, -0.1) is 0 Å². The minimum absolute atomic E-state index is 0.225. The number of hydrogen-bond donors (Lipinski definition) is 0. The van der Waals surface area contributed by atoms with Crippen molar-refractivity contribution in [3.63, 3.8) is 0 Å². The van der Waals surface area contributed by atoms with Crippen molar-refractivity contribution in [2.75, 3.05) is 7.11 Å². The Balaban J connectivity index is 3.02. The molecule has 0 N–H and O–H groups in total. The summed E-state index contributed by atoms with van der Waals surface area (Å²) in [6.07, 6.45) is -3.73. The molecule has 12 heavy (non-hydrogen) atoms. The fraction of sp³-hybridized carbons (Fsp3) is 0.333. The molecular formula is C6H4F3N2O. The molecule has 1 aromatic rings. The average molecular weight is 177 g/mol. The maximum Gasteiger partial charge on any atom is 0.434 e. The summed E-state index contributed by atoms with van der Waals surface area (Å²) < 4.78 is 40.2. The third-order valence-electron chi connectivity index (χ3n) is 1.05. The van der Waals surface area contributed by atoms with E-state index in [-0.39, 0.29) is 5.88 Å². The van der Waals surface area contributed by atoms with Gasteiger partial charge in [-0.3, -0.25) is 0 Å². The first-order valence-corrected chi connectivity index (χ1v) is 2.89. The molecule has 0 atom stereocenters. The fourth-order valence-electron chi connectivity index (χ4n) is 0.553. The van der Waals surface area contributed by atoms with E-state index in [2.05, 4.69) is 14.7 Å². The van der Waals surface area contributed by atoms with Crippen LogP contribution in [0.3, 0.4) is 0 Å². The SMILES string of the molecule is COc1[c]c(C(F)(F)F)ncn1. The summed E-state index contributed by atoms with van der Waals surface area (Å²) in [7, 11) is 1.21. The monoisotopic (exact) mass is 177 g/mol. The lowest BCUT2D eigenvalue weighted by atomic mass is 10.4. The van der Waals surface area contributed by atoms with Crippen molar-refractivity contribution in [2.24, 2.45) is 0 Å². The van der Waals surface area contributed by atoms with Crippen molar-refractivity contribution >= 4 is 0 Å². The van der Waals surface area contributed by atoms with Crippen molar-refractivity contribution in [1.82, 2.24) is 9.97 Å². The van der Waals surface area contributed by atoms with Gasteiger partial charge in [0.05, 0.1) is 13.2 Å². The second-order valence-corrected chi connectivity index (χ2v) is 1.85. The molecule has 0 fully saturated rings. The van der Waals surface area contributed by atoms with Crippen molar-refractivity contribution in [1.29, 1.82) is 0 Å². The Morgan fingerprint density at radius 3 is 2.58 bits per heavy atom. The van der Waals surface area contributed by atoms with Crippen LogP contribution in [0.25, 0.3) is 0 Å². The molecule has 0 saturated carbocycles. The van der Waals surface area contributed by atoms with Crippen LogP contribution in [0.2, 0.25) is 0 Å². The predicted molar refractivity (Wildman–Crippen MR) is 32.4 cm³/mol. The zero-order chi connectivity index (χ0) is 9.19. The summed E-state index contributed by atoms with van der Waals surface area (Å²) in [6.45, 7) is 0. The second kappa shape index (κ2) is 2.96. The summed E-state index contributed by atoms with van der Waals surface area (Å²) in [4.78, 5) is 6.37. The molecule has 0 aliphatic carbocycles. The number of ether oxygens (including phenoxy) is 1. The van der Waals surface area contributed by atoms with E-state index in [0.717, 1.165) is 6.33 Å². The normalized spacial score (nSPS) is 11.3. The van der Waals surface area contributed by atoms with E-state index < -0.39 is 11.9 Å². The highest BCUT2D eigenvalue weighted by atomic mass is 19.4. The summed E-state index contributed by atoms with van der Waals surface area (Å²) in [5.74, 6) is -0.225. The van der Waals surface area contributed by atoms with E-state index in [1.54, 1.807) is 0 Å². The molecule has 6 heteroatoms. The van der Waals surface area contributed by atoms with Gasteiger partial charge in [-0.25, -0.2) is 9.97 Å². The summed E-state index contributed by atoms with van der Waals surface area (Å²) in [5, 5.41) is 0. The molecule has 0 bridgehead atoms. The Morgan fingerprint density at radius 2 is 2.08 bits per heavy atom. The van der Waals surface area contributed by atoms with Gasteiger partial charge in [0.1, 0.15) is 6.33 Å². The molecule has 0 spiro atoms. The number of methoxy groups -OCH3 is 1. The van der Waals surface area contributed by atoms with Crippen LogP contribution in [-0.2, 0) is 6.18 Å². The maximum atomic E-state index is 11.9. The number of rotatable bonds is 1. The standard InChI is InChI=1S/C6H4F3N2O/c1-12-5-2-4(6(7,8)9)10-3-11-5/h3H,1H3. The van der Waals surface area contributed by atoms with E-state index in [4.69, 9.17) is 0 Å². The molecule has 0 unspecified atom stereocenters. The number of aromatic nitrogens is 2. The molecule has 0 amide bonds. The van der Waals surface area contributed by atoms with Crippen molar-refractivity contribution in [3.05, 3.63) is 18.1 Å². The Hall–Kier alpha value is -1.33. The van der Waals surface area contributed by atoms with Crippen LogP contribution in [0.15, 0.2) is 6.33 Å². The van der Waals surface area contributed by atoms with Crippen LogP contribution in [0.4, 0.5) is 13.2 Å². The number of nitrogens with zero attached hydrogens (tertiary/aromatic N) is 2. The van der Waals surface area contributed by atoms with E-state index >= 15 is 0 Å². The van der Waals surface area contributed by atoms with Crippen LogP contribution in [-0.4, -0.2) is 17.1 Å².